The van der Waals surface area contributed by atoms with E-state index < -0.39 is 11.9 Å². The Bertz CT molecular complexity index is 479. The van der Waals surface area contributed by atoms with Crippen LogP contribution in [-0.4, -0.2) is 23.7 Å². The van der Waals surface area contributed by atoms with Crippen LogP contribution in [0.2, 0.25) is 5.02 Å². The summed E-state index contributed by atoms with van der Waals surface area (Å²) in [4.78, 5) is 22.3. The third-order valence-corrected chi connectivity index (χ3v) is 3.22. The Labute approximate surface area is 123 Å². The highest BCUT2D eigenvalue weighted by molar-refractivity contribution is 6.30. The van der Waals surface area contributed by atoms with E-state index in [2.05, 4.69) is 10.6 Å². The maximum absolute atomic E-state index is 11.7. The molecule has 1 aromatic carbocycles. The van der Waals surface area contributed by atoms with Gasteiger partial charge in [-0.3, -0.25) is 4.79 Å². The molecule has 1 aromatic rings. The van der Waals surface area contributed by atoms with Crippen LogP contribution in [-0.2, 0) is 4.79 Å². The fourth-order valence-electron chi connectivity index (χ4n) is 1.63. The molecule has 5 nitrogen and oxygen atoms in total. The SMILES string of the molecule is CC(CCNC(=O)NC(C)c1cccc(Cl)c1)C(=O)O. The van der Waals surface area contributed by atoms with Crippen molar-refractivity contribution in [2.75, 3.05) is 6.54 Å². The van der Waals surface area contributed by atoms with Gasteiger partial charge in [-0.15, -0.1) is 0 Å². The van der Waals surface area contributed by atoms with Gasteiger partial charge in [-0.1, -0.05) is 30.7 Å². The molecule has 0 aliphatic carbocycles. The highest BCUT2D eigenvalue weighted by Crippen LogP contribution is 2.17. The summed E-state index contributed by atoms with van der Waals surface area (Å²) < 4.78 is 0. The van der Waals surface area contributed by atoms with Crippen LogP contribution >= 0.6 is 11.6 Å². The van der Waals surface area contributed by atoms with Gasteiger partial charge in [0.15, 0.2) is 0 Å². The van der Waals surface area contributed by atoms with Crippen molar-refractivity contribution in [3.05, 3.63) is 34.9 Å². The minimum atomic E-state index is -0.862. The van der Waals surface area contributed by atoms with Gasteiger partial charge in [0.2, 0.25) is 0 Å². The topological polar surface area (TPSA) is 78.4 Å². The maximum atomic E-state index is 11.7. The van der Waals surface area contributed by atoms with Gasteiger partial charge in [-0.25, -0.2) is 4.79 Å². The molecule has 20 heavy (non-hydrogen) atoms. The molecule has 2 unspecified atom stereocenters. The van der Waals surface area contributed by atoms with E-state index >= 15 is 0 Å². The smallest absolute Gasteiger partial charge is 0.315 e. The number of carbonyl (C=O) groups excluding carboxylic acids is 1. The lowest BCUT2D eigenvalue weighted by Crippen LogP contribution is -2.38. The first-order valence-electron chi connectivity index (χ1n) is 6.42. The van der Waals surface area contributed by atoms with Crippen LogP contribution < -0.4 is 10.6 Å². The summed E-state index contributed by atoms with van der Waals surface area (Å²) in [6.07, 6.45) is 0.397. The molecule has 0 aromatic heterocycles. The van der Waals surface area contributed by atoms with E-state index in [1.807, 2.05) is 19.1 Å². The van der Waals surface area contributed by atoms with Crippen molar-refractivity contribution in [2.45, 2.75) is 26.3 Å². The highest BCUT2D eigenvalue weighted by Gasteiger charge is 2.12. The van der Waals surface area contributed by atoms with Gasteiger partial charge < -0.3 is 15.7 Å². The number of hydrogen-bond acceptors (Lipinski definition) is 2. The van der Waals surface area contributed by atoms with E-state index in [0.29, 0.717) is 18.0 Å². The Balaban J connectivity index is 2.37. The molecule has 110 valence electrons. The van der Waals surface area contributed by atoms with Crippen molar-refractivity contribution >= 4 is 23.6 Å². The lowest BCUT2D eigenvalue weighted by Gasteiger charge is -2.15. The largest absolute Gasteiger partial charge is 0.481 e. The van der Waals surface area contributed by atoms with Crippen molar-refractivity contribution in [2.24, 2.45) is 5.92 Å². The van der Waals surface area contributed by atoms with Crippen molar-refractivity contribution in [1.82, 2.24) is 10.6 Å². The molecule has 0 bridgehead atoms. The van der Waals surface area contributed by atoms with E-state index in [4.69, 9.17) is 16.7 Å². The second kappa shape index (κ2) is 7.75. The predicted molar refractivity (Wildman–Crippen MR) is 77.8 cm³/mol. The van der Waals surface area contributed by atoms with Crippen LogP contribution in [0.15, 0.2) is 24.3 Å². The van der Waals surface area contributed by atoms with Gasteiger partial charge in [-0.2, -0.15) is 0 Å². The van der Waals surface area contributed by atoms with Gasteiger partial charge >= 0.3 is 12.0 Å². The normalized spacial score (nSPS) is 13.3. The van der Waals surface area contributed by atoms with Crippen molar-refractivity contribution in [3.8, 4) is 0 Å². The first kappa shape index (κ1) is 16.3. The number of benzene rings is 1. The highest BCUT2D eigenvalue weighted by atomic mass is 35.5. The summed E-state index contributed by atoms with van der Waals surface area (Å²) in [5.41, 5.74) is 0.909. The van der Waals surface area contributed by atoms with Crippen LogP contribution in [0.1, 0.15) is 31.9 Å². The molecule has 0 aliphatic heterocycles. The Hall–Kier alpha value is -1.75. The monoisotopic (exact) mass is 298 g/mol. The minimum Gasteiger partial charge on any atom is -0.481 e. The molecular formula is C14H19ClN2O3. The predicted octanol–water partition coefficient (Wildman–Crippen LogP) is 2.81. The lowest BCUT2D eigenvalue weighted by atomic mass is 10.1. The molecule has 0 heterocycles. The van der Waals surface area contributed by atoms with Gasteiger partial charge in [0.25, 0.3) is 0 Å². The quantitative estimate of drug-likeness (QED) is 0.755. The standard InChI is InChI=1S/C14H19ClN2O3/c1-9(13(18)19)6-7-16-14(20)17-10(2)11-4-3-5-12(15)8-11/h3-5,8-10H,6-7H2,1-2H3,(H,18,19)(H2,16,17,20). The first-order chi connectivity index (χ1) is 9.40. The molecular weight excluding hydrogens is 280 g/mol. The Kier molecular flexibility index (Phi) is 6.31. The zero-order chi connectivity index (χ0) is 15.1. The number of carboxylic acid groups (broad SMARTS) is 1. The fourth-order valence-corrected chi connectivity index (χ4v) is 1.83. The Morgan fingerprint density at radius 3 is 2.65 bits per heavy atom. The second-order valence-corrected chi connectivity index (χ2v) is 5.14. The number of nitrogens with one attached hydrogen (secondary N) is 2. The average Bonchev–Trinajstić information content (AvgIpc) is 2.38. The van der Waals surface area contributed by atoms with E-state index in [1.54, 1.807) is 19.1 Å². The number of amides is 2. The molecule has 6 heteroatoms. The zero-order valence-corrected chi connectivity index (χ0v) is 12.3. The molecule has 0 aliphatic rings. The van der Waals surface area contributed by atoms with Crippen LogP contribution in [0, 0.1) is 5.92 Å². The van der Waals surface area contributed by atoms with Crippen molar-refractivity contribution in [3.63, 3.8) is 0 Å². The van der Waals surface area contributed by atoms with Crippen LogP contribution in [0.25, 0.3) is 0 Å². The van der Waals surface area contributed by atoms with Crippen LogP contribution in [0.4, 0.5) is 4.79 Å². The Morgan fingerprint density at radius 1 is 1.35 bits per heavy atom. The molecule has 0 radical (unpaired) electrons. The molecule has 2 atom stereocenters. The van der Waals surface area contributed by atoms with Gasteiger partial charge in [-0.05, 0) is 31.0 Å². The van der Waals surface area contributed by atoms with Crippen LogP contribution in [0.3, 0.4) is 0 Å². The maximum Gasteiger partial charge on any atom is 0.315 e. The third-order valence-electron chi connectivity index (χ3n) is 2.98. The third kappa shape index (κ3) is 5.48. The molecule has 0 saturated carbocycles. The summed E-state index contributed by atoms with van der Waals surface area (Å²) in [6.45, 7) is 3.78. The summed E-state index contributed by atoms with van der Waals surface area (Å²) in [6, 6.07) is 6.76. The number of aliphatic carboxylic acids is 1. The average molecular weight is 299 g/mol. The number of urea groups is 1. The summed E-state index contributed by atoms with van der Waals surface area (Å²) in [5.74, 6) is -1.33. The van der Waals surface area contributed by atoms with Gasteiger partial charge in [0.1, 0.15) is 0 Å². The molecule has 1 rings (SSSR count). The van der Waals surface area contributed by atoms with Crippen molar-refractivity contribution < 1.29 is 14.7 Å². The first-order valence-corrected chi connectivity index (χ1v) is 6.80. The van der Waals surface area contributed by atoms with Gasteiger partial charge in [0.05, 0.1) is 12.0 Å². The van der Waals surface area contributed by atoms with E-state index in [0.717, 1.165) is 5.56 Å². The lowest BCUT2D eigenvalue weighted by molar-refractivity contribution is -0.141. The Morgan fingerprint density at radius 2 is 2.05 bits per heavy atom. The van der Waals surface area contributed by atoms with Crippen molar-refractivity contribution in [1.29, 1.82) is 0 Å². The summed E-state index contributed by atoms with van der Waals surface area (Å²) >= 11 is 5.89. The fraction of sp³-hybridized carbons (Fsp3) is 0.429. The molecule has 2 amide bonds. The van der Waals surface area contributed by atoms with E-state index in [1.165, 1.54) is 0 Å². The number of carboxylic acids is 1. The molecule has 0 saturated heterocycles. The number of halogens is 1. The van der Waals surface area contributed by atoms with Gasteiger partial charge in [0, 0.05) is 11.6 Å². The van der Waals surface area contributed by atoms with E-state index in [9.17, 15) is 9.59 Å². The second-order valence-electron chi connectivity index (χ2n) is 4.70. The van der Waals surface area contributed by atoms with Crippen LogP contribution in [0.5, 0.6) is 0 Å². The number of rotatable bonds is 6. The molecule has 0 spiro atoms. The number of carbonyl (C=O) groups is 2. The zero-order valence-electron chi connectivity index (χ0n) is 11.5. The molecule has 0 fully saturated rings. The minimum absolute atomic E-state index is 0.175. The van der Waals surface area contributed by atoms with E-state index in [-0.39, 0.29) is 12.1 Å². The number of hydrogen-bond donors (Lipinski definition) is 3. The summed E-state index contributed by atoms with van der Waals surface area (Å²) in [5, 5.41) is 14.8. The summed E-state index contributed by atoms with van der Waals surface area (Å²) in [7, 11) is 0. The molecule has 3 N–H and O–H groups in total.